The zero-order valence-electron chi connectivity index (χ0n) is 17.5. The number of carbonyl (C=O) groups excluding carboxylic acids is 1. The lowest BCUT2D eigenvalue weighted by atomic mass is 10.0. The van der Waals surface area contributed by atoms with Gasteiger partial charge in [0, 0.05) is 36.3 Å². The van der Waals surface area contributed by atoms with E-state index in [1.165, 1.54) is 11.6 Å². The quantitative estimate of drug-likeness (QED) is 0.599. The first-order valence-corrected chi connectivity index (χ1v) is 12.1. The molecule has 2 aromatic carbocycles. The molecule has 6 nitrogen and oxygen atoms in total. The molecule has 1 amide bonds. The monoisotopic (exact) mass is 449 g/mol. The van der Waals surface area contributed by atoms with Gasteiger partial charge in [-0.25, -0.2) is 13.8 Å². The van der Waals surface area contributed by atoms with Gasteiger partial charge in [0.15, 0.2) is 9.84 Å². The van der Waals surface area contributed by atoms with Crippen molar-refractivity contribution < 1.29 is 13.2 Å². The smallest absolute Gasteiger partial charge is 0.234 e. The summed E-state index contributed by atoms with van der Waals surface area (Å²) in [6, 6.07) is 10.7. The van der Waals surface area contributed by atoms with Crippen LogP contribution < -0.4 is 15.8 Å². The van der Waals surface area contributed by atoms with Gasteiger partial charge in [-0.3, -0.25) is 10.2 Å². The molecule has 0 spiro atoms. The van der Waals surface area contributed by atoms with E-state index >= 15 is 0 Å². The summed E-state index contributed by atoms with van der Waals surface area (Å²) in [5.41, 5.74) is 8.76. The number of halogens is 1. The van der Waals surface area contributed by atoms with Crippen LogP contribution in [0.1, 0.15) is 32.3 Å². The van der Waals surface area contributed by atoms with E-state index in [0.29, 0.717) is 22.9 Å². The second-order valence-corrected chi connectivity index (χ2v) is 10.5. The lowest BCUT2D eigenvalue weighted by Gasteiger charge is -2.15. The lowest BCUT2D eigenvalue weighted by molar-refractivity contribution is -0.122. The Balaban J connectivity index is 1.80. The fraction of sp³-hybridized carbons (Fsp3) is 0.409. The van der Waals surface area contributed by atoms with Crippen molar-refractivity contribution in [1.29, 1.82) is 0 Å². The van der Waals surface area contributed by atoms with Crippen molar-refractivity contribution in [3.05, 3.63) is 47.0 Å². The third-order valence-electron chi connectivity index (χ3n) is 5.23. The van der Waals surface area contributed by atoms with Gasteiger partial charge >= 0.3 is 0 Å². The highest BCUT2D eigenvalue weighted by Gasteiger charge is 2.22. The second-order valence-electron chi connectivity index (χ2n) is 8.07. The third kappa shape index (κ3) is 5.33. The first kappa shape index (κ1) is 22.6. The van der Waals surface area contributed by atoms with Gasteiger partial charge in [0.2, 0.25) is 5.91 Å². The van der Waals surface area contributed by atoms with E-state index < -0.39 is 15.7 Å². The largest absolute Gasteiger partial charge is 0.374 e. The number of likely N-dealkylation sites (N-methyl/N-ethyl adjacent to an activating group) is 1. The number of benzene rings is 2. The van der Waals surface area contributed by atoms with Gasteiger partial charge in [0.1, 0.15) is 5.88 Å². The number of hydrogen-bond donors (Lipinski definition) is 2. The van der Waals surface area contributed by atoms with Crippen molar-refractivity contribution in [2.75, 3.05) is 24.4 Å². The molecule has 0 aliphatic carbocycles. The van der Waals surface area contributed by atoms with Crippen LogP contribution in [0.2, 0.25) is 5.02 Å². The van der Waals surface area contributed by atoms with E-state index in [9.17, 15) is 13.2 Å². The van der Waals surface area contributed by atoms with Gasteiger partial charge in [-0.05, 0) is 60.2 Å². The number of anilines is 1. The van der Waals surface area contributed by atoms with E-state index in [2.05, 4.69) is 15.8 Å². The summed E-state index contributed by atoms with van der Waals surface area (Å²) in [5.74, 6) is -0.218. The highest BCUT2D eigenvalue weighted by atomic mass is 35.5. The van der Waals surface area contributed by atoms with Gasteiger partial charge in [-0.2, -0.15) is 0 Å². The van der Waals surface area contributed by atoms with Crippen LogP contribution in [0.25, 0.3) is 11.1 Å². The van der Waals surface area contributed by atoms with Crippen LogP contribution >= 0.6 is 11.6 Å². The normalized spacial score (nSPS) is 13.6. The van der Waals surface area contributed by atoms with E-state index in [-0.39, 0.29) is 10.8 Å². The molecular weight excluding hydrogens is 422 g/mol. The minimum absolute atomic E-state index is 0.183. The molecule has 162 valence electrons. The molecule has 8 heteroatoms. The summed E-state index contributed by atoms with van der Waals surface area (Å²) in [6.07, 6.45) is 2.02. The summed E-state index contributed by atoms with van der Waals surface area (Å²) in [5, 5.41) is 0.469. The number of hydrogen-bond acceptors (Lipinski definition) is 5. The topological polar surface area (TPSA) is 78.5 Å². The Bertz CT molecular complexity index is 1040. The average molecular weight is 450 g/mol. The summed E-state index contributed by atoms with van der Waals surface area (Å²) in [7, 11) is -1.66. The van der Waals surface area contributed by atoms with Crippen LogP contribution in [0.5, 0.6) is 0 Å². The van der Waals surface area contributed by atoms with Crippen LogP contribution in [0.15, 0.2) is 41.3 Å². The Morgan fingerprint density at radius 1 is 1.20 bits per heavy atom. The molecule has 0 bridgehead atoms. The zero-order chi connectivity index (χ0) is 21.9. The average Bonchev–Trinajstić information content (AvgIpc) is 3.06. The summed E-state index contributed by atoms with van der Waals surface area (Å²) in [6.45, 7) is 5.01. The maximum Gasteiger partial charge on any atom is 0.234 e. The molecule has 0 saturated heterocycles. The van der Waals surface area contributed by atoms with Crippen molar-refractivity contribution in [2.24, 2.45) is 5.92 Å². The van der Waals surface area contributed by atoms with Crippen LogP contribution in [-0.4, -0.2) is 33.8 Å². The molecule has 0 radical (unpaired) electrons. The molecule has 0 fully saturated rings. The fourth-order valence-corrected chi connectivity index (χ4v) is 4.90. The van der Waals surface area contributed by atoms with Crippen molar-refractivity contribution in [2.45, 2.75) is 38.0 Å². The fourth-order valence-electron chi connectivity index (χ4n) is 3.52. The Morgan fingerprint density at radius 3 is 2.70 bits per heavy atom. The van der Waals surface area contributed by atoms with Gasteiger partial charge in [0.25, 0.3) is 0 Å². The Labute approximate surface area is 183 Å². The molecule has 1 heterocycles. The molecule has 2 aromatic rings. The van der Waals surface area contributed by atoms with Crippen LogP contribution in [0, 0.1) is 5.92 Å². The highest BCUT2D eigenvalue weighted by Crippen LogP contribution is 2.35. The first-order valence-electron chi connectivity index (χ1n) is 10.1. The number of hydrazine groups is 1. The molecular formula is C22H28ClN3O3S. The van der Waals surface area contributed by atoms with Gasteiger partial charge < -0.3 is 4.90 Å². The standard InChI is InChI=1S/C22H28ClN3O3S/c1-15(2)4-9-22(27)25-24-14-30(28,29)21-8-6-18(23)13-19(21)16-5-7-20-17(12-16)10-11-26(20)3/h5-8,12-13,15,24H,4,9-11,14H2,1-3H3,(H,25,27). The van der Waals surface area contributed by atoms with Crippen LogP contribution in [0.3, 0.4) is 0 Å². The van der Waals surface area contributed by atoms with E-state index in [4.69, 9.17) is 11.6 Å². The maximum atomic E-state index is 13.0. The van der Waals surface area contributed by atoms with Crippen LogP contribution in [0.4, 0.5) is 5.69 Å². The van der Waals surface area contributed by atoms with E-state index in [1.54, 1.807) is 12.1 Å². The van der Waals surface area contributed by atoms with Crippen LogP contribution in [-0.2, 0) is 21.1 Å². The van der Waals surface area contributed by atoms with Crippen molar-refractivity contribution in [3.63, 3.8) is 0 Å². The van der Waals surface area contributed by atoms with Crippen molar-refractivity contribution in [1.82, 2.24) is 10.9 Å². The maximum absolute atomic E-state index is 13.0. The number of nitrogens with zero attached hydrogens (tertiary/aromatic N) is 1. The van der Waals surface area contributed by atoms with Crippen molar-refractivity contribution >= 4 is 33.0 Å². The van der Waals surface area contributed by atoms with Gasteiger partial charge in [0.05, 0.1) is 4.90 Å². The van der Waals surface area contributed by atoms with Crippen molar-refractivity contribution in [3.8, 4) is 11.1 Å². The number of carbonyl (C=O) groups is 1. The van der Waals surface area contributed by atoms with Gasteiger partial charge in [-0.15, -0.1) is 0 Å². The SMILES string of the molecule is CC(C)CCC(=O)NNCS(=O)(=O)c1ccc(Cl)cc1-c1ccc2c(c1)CCN2C. The minimum atomic E-state index is -3.70. The molecule has 30 heavy (non-hydrogen) atoms. The predicted octanol–water partition coefficient (Wildman–Crippen LogP) is 3.79. The number of nitrogens with one attached hydrogen (secondary N) is 2. The first-order chi connectivity index (χ1) is 14.2. The minimum Gasteiger partial charge on any atom is -0.374 e. The highest BCUT2D eigenvalue weighted by molar-refractivity contribution is 7.91. The Morgan fingerprint density at radius 2 is 1.97 bits per heavy atom. The van der Waals surface area contributed by atoms with E-state index in [1.807, 2.05) is 39.1 Å². The molecule has 1 aliphatic rings. The molecule has 2 N–H and O–H groups in total. The third-order valence-corrected chi connectivity index (χ3v) is 7.02. The molecule has 0 aromatic heterocycles. The lowest BCUT2D eigenvalue weighted by Crippen LogP contribution is -2.40. The Hall–Kier alpha value is -2.09. The number of rotatable bonds is 8. The summed E-state index contributed by atoms with van der Waals surface area (Å²) in [4.78, 5) is 14.2. The number of amides is 1. The summed E-state index contributed by atoms with van der Waals surface area (Å²) < 4.78 is 26.0. The summed E-state index contributed by atoms with van der Waals surface area (Å²) >= 11 is 6.19. The second kappa shape index (κ2) is 9.37. The van der Waals surface area contributed by atoms with Gasteiger partial charge in [-0.1, -0.05) is 31.5 Å². The van der Waals surface area contributed by atoms with E-state index in [0.717, 1.165) is 30.6 Å². The molecule has 0 unspecified atom stereocenters. The zero-order valence-corrected chi connectivity index (χ0v) is 19.1. The molecule has 3 rings (SSSR count). The Kier molecular flexibility index (Phi) is 7.06. The number of fused-ring (bicyclic) bond motifs is 1. The molecule has 1 aliphatic heterocycles. The molecule has 0 saturated carbocycles. The number of sulfone groups is 1. The predicted molar refractivity (Wildman–Crippen MR) is 121 cm³/mol. The molecule has 0 atom stereocenters.